The lowest BCUT2D eigenvalue weighted by atomic mass is 10.2. The van der Waals surface area contributed by atoms with Gasteiger partial charge in [-0.25, -0.2) is 4.39 Å². The van der Waals surface area contributed by atoms with Crippen LogP contribution in [0.25, 0.3) is 0 Å². The monoisotopic (exact) mass is 291 g/mol. The fraction of sp³-hybridized carbons (Fsp3) is 0.250. The summed E-state index contributed by atoms with van der Waals surface area (Å²) in [5.74, 6) is 0.348. The highest BCUT2D eigenvalue weighted by Gasteiger charge is 2.05. The van der Waals surface area contributed by atoms with Crippen LogP contribution in [0.4, 0.5) is 10.1 Å². The summed E-state index contributed by atoms with van der Waals surface area (Å²) in [4.78, 5) is 0. The molecular weight excluding hydrogens is 273 g/mol. The molecule has 0 saturated heterocycles. The molecular formula is C16H18FNO3. The lowest BCUT2D eigenvalue weighted by molar-refractivity contribution is 0.318. The zero-order chi connectivity index (χ0) is 15.2. The van der Waals surface area contributed by atoms with Gasteiger partial charge in [0, 0.05) is 18.3 Å². The maximum Gasteiger partial charge on any atom is 0.167 e. The molecule has 0 bridgehead atoms. The number of hydrogen-bond acceptors (Lipinski definition) is 4. The molecule has 0 aliphatic rings. The van der Waals surface area contributed by atoms with Crippen molar-refractivity contribution in [2.75, 3.05) is 19.0 Å². The van der Waals surface area contributed by atoms with Crippen LogP contribution in [0.1, 0.15) is 12.5 Å². The van der Waals surface area contributed by atoms with Gasteiger partial charge in [0.15, 0.2) is 23.1 Å². The molecule has 0 aliphatic carbocycles. The second-order valence-corrected chi connectivity index (χ2v) is 4.44. The molecule has 4 nitrogen and oxygen atoms in total. The predicted octanol–water partition coefficient (Wildman–Crippen LogP) is 3.55. The standard InChI is InChI=1S/C16H18FNO3/c1-3-21-16-8-11(4-6-14(16)19)10-18-12-5-7-15(20-2)13(17)9-12/h4-9,18-19H,3,10H2,1-2H3. The van der Waals surface area contributed by atoms with Crippen molar-refractivity contribution in [3.63, 3.8) is 0 Å². The van der Waals surface area contributed by atoms with Gasteiger partial charge in [-0.05, 0) is 36.8 Å². The van der Waals surface area contributed by atoms with Crippen molar-refractivity contribution in [3.8, 4) is 17.2 Å². The zero-order valence-corrected chi connectivity index (χ0v) is 12.0. The topological polar surface area (TPSA) is 50.7 Å². The van der Waals surface area contributed by atoms with Crippen LogP contribution in [-0.4, -0.2) is 18.8 Å². The van der Waals surface area contributed by atoms with Gasteiger partial charge < -0.3 is 19.9 Å². The van der Waals surface area contributed by atoms with Gasteiger partial charge in [0.05, 0.1) is 13.7 Å². The Labute approximate surface area is 123 Å². The largest absolute Gasteiger partial charge is 0.504 e. The van der Waals surface area contributed by atoms with E-state index in [0.29, 0.717) is 24.6 Å². The number of halogens is 1. The lowest BCUT2D eigenvalue weighted by Crippen LogP contribution is -2.01. The SMILES string of the molecule is CCOc1cc(CNc2ccc(OC)c(F)c2)ccc1O. The average Bonchev–Trinajstić information content (AvgIpc) is 2.48. The normalized spacial score (nSPS) is 10.2. The Kier molecular flexibility index (Phi) is 4.87. The molecule has 0 spiro atoms. The van der Waals surface area contributed by atoms with E-state index in [1.165, 1.54) is 13.2 Å². The highest BCUT2D eigenvalue weighted by Crippen LogP contribution is 2.27. The Morgan fingerprint density at radius 3 is 2.62 bits per heavy atom. The molecule has 0 unspecified atom stereocenters. The number of phenolic OH excluding ortho intramolecular Hbond substituents is 1. The van der Waals surface area contributed by atoms with E-state index in [0.717, 1.165) is 5.56 Å². The summed E-state index contributed by atoms with van der Waals surface area (Å²) in [5, 5.41) is 12.7. The van der Waals surface area contributed by atoms with Crippen LogP contribution in [0.3, 0.4) is 0 Å². The van der Waals surface area contributed by atoms with Gasteiger partial charge in [0.1, 0.15) is 0 Å². The van der Waals surface area contributed by atoms with Crippen LogP contribution in [0.15, 0.2) is 36.4 Å². The zero-order valence-electron chi connectivity index (χ0n) is 12.0. The van der Waals surface area contributed by atoms with Crippen LogP contribution in [0.2, 0.25) is 0 Å². The quantitative estimate of drug-likeness (QED) is 0.854. The minimum Gasteiger partial charge on any atom is -0.504 e. The summed E-state index contributed by atoms with van der Waals surface area (Å²) in [7, 11) is 1.43. The molecule has 2 rings (SSSR count). The van der Waals surface area contributed by atoms with Crippen molar-refractivity contribution in [2.24, 2.45) is 0 Å². The van der Waals surface area contributed by atoms with Crippen molar-refractivity contribution in [1.29, 1.82) is 0 Å². The summed E-state index contributed by atoms with van der Waals surface area (Å²) in [6.45, 7) is 2.82. The third kappa shape index (κ3) is 3.78. The van der Waals surface area contributed by atoms with Crippen molar-refractivity contribution in [3.05, 3.63) is 47.8 Å². The van der Waals surface area contributed by atoms with E-state index in [4.69, 9.17) is 9.47 Å². The van der Waals surface area contributed by atoms with Gasteiger partial charge in [-0.15, -0.1) is 0 Å². The molecule has 2 N–H and O–H groups in total. The molecule has 0 radical (unpaired) electrons. The third-order valence-electron chi connectivity index (χ3n) is 2.97. The molecule has 0 atom stereocenters. The first-order valence-electron chi connectivity index (χ1n) is 6.66. The Morgan fingerprint density at radius 2 is 1.95 bits per heavy atom. The van der Waals surface area contributed by atoms with Crippen molar-refractivity contribution in [1.82, 2.24) is 0 Å². The van der Waals surface area contributed by atoms with E-state index in [1.807, 2.05) is 6.92 Å². The predicted molar refractivity (Wildman–Crippen MR) is 79.6 cm³/mol. The van der Waals surface area contributed by atoms with E-state index in [-0.39, 0.29) is 11.5 Å². The van der Waals surface area contributed by atoms with Gasteiger partial charge in [0.2, 0.25) is 0 Å². The maximum atomic E-state index is 13.6. The summed E-state index contributed by atoms with van der Waals surface area (Å²) >= 11 is 0. The smallest absolute Gasteiger partial charge is 0.167 e. The summed E-state index contributed by atoms with van der Waals surface area (Å²) < 4.78 is 23.8. The summed E-state index contributed by atoms with van der Waals surface area (Å²) in [6, 6.07) is 9.81. The highest BCUT2D eigenvalue weighted by molar-refractivity contribution is 5.49. The Morgan fingerprint density at radius 1 is 1.14 bits per heavy atom. The number of phenols is 1. The van der Waals surface area contributed by atoms with E-state index in [2.05, 4.69) is 5.32 Å². The van der Waals surface area contributed by atoms with E-state index in [9.17, 15) is 9.50 Å². The van der Waals surface area contributed by atoms with E-state index >= 15 is 0 Å². The molecule has 0 heterocycles. The number of hydrogen-bond donors (Lipinski definition) is 2. The number of benzene rings is 2. The Balaban J connectivity index is 2.06. The van der Waals surface area contributed by atoms with Crippen LogP contribution >= 0.6 is 0 Å². The molecule has 0 saturated carbocycles. The molecule has 0 fully saturated rings. The van der Waals surface area contributed by atoms with Crippen LogP contribution < -0.4 is 14.8 Å². The average molecular weight is 291 g/mol. The summed E-state index contributed by atoms with van der Waals surface area (Å²) in [5.41, 5.74) is 1.58. The van der Waals surface area contributed by atoms with Crippen LogP contribution in [-0.2, 0) is 6.54 Å². The first-order chi connectivity index (χ1) is 10.1. The van der Waals surface area contributed by atoms with Gasteiger partial charge >= 0.3 is 0 Å². The third-order valence-corrected chi connectivity index (χ3v) is 2.97. The number of anilines is 1. The van der Waals surface area contributed by atoms with Crippen molar-refractivity contribution < 1.29 is 19.0 Å². The van der Waals surface area contributed by atoms with Gasteiger partial charge in [-0.2, -0.15) is 0 Å². The van der Waals surface area contributed by atoms with Crippen LogP contribution in [0, 0.1) is 5.82 Å². The number of methoxy groups -OCH3 is 1. The molecule has 5 heteroatoms. The molecule has 0 aromatic heterocycles. The van der Waals surface area contributed by atoms with Gasteiger partial charge in [-0.3, -0.25) is 0 Å². The number of aromatic hydroxyl groups is 1. The van der Waals surface area contributed by atoms with E-state index < -0.39 is 5.82 Å². The Hall–Kier alpha value is -2.43. The lowest BCUT2D eigenvalue weighted by Gasteiger charge is -2.11. The minimum absolute atomic E-state index is 0.107. The summed E-state index contributed by atoms with van der Waals surface area (Å²) in [6.07, 6.45) is 0. The number of nitrogens with one attached hydrogen (secondary N) is 1. The Bertz CT molecular complexity index is 616. The first kappa shape index (κ1) is 15.0. The fourth-order valence-corrected chi connectivity index (χ4v) is 1.92. The second kappa shape index (κ2) is 6.83. The molecule has 112 valence electrons. The highest BCUT2D eigenvalue weighted by atomic mass is 19.1. The van der Waals surface area contributed by atoms with Gasteiger partial charge in [-0.1, -0.05) is 6.07 Å². The maximum absolute atomic E-state index is 13.6. The molecule has 2 aromatic carbocycles. The van der Waals surface area contributed by atoms with E-state index in [1.54, 1.807) is 30.3 Å². The van der Waals surface area contributed by atoms with Crippen molar-refractivity contribution in [2.45, 2.75) is 13.5 Å². The number of ether oxygens (including phenoxy) is 2. The fourth-order valence-electron chi connectivity index (χ4n) is 1.92. The van der Waals surface area contributed by atoms with Gasteiger partial charge in [0.25, 0.3) is 0 Å². The molecule has 0 aliphatic heterocycles. The van der Waals surface area contributed by atoms with Crippen LogP contribution in [0.5, 0.6) is 17.2 Å². The molecule has 21 heavy (non-hydrogen) atoms. The minimum atomic E-state index is -0.414. The molecule has 0 amide bonds. The molecule has 2 aromatic rings. The van der Waals surface area contributed by atoms with Crippen molar-refractivity contribution >= 4 is 5.69 Å². The number of rotatable bonds is 6. The second-order valence-electron chi connectivity index (χ2n) is 4.44. The first-order valence-corrected chi connectivity index (χ1v) is 6.66.